The van der Waals surface area contributed by atoms with Gasteiger partial charge in [0.2, 0.25) is 0 Å². The number of methoxy groups -OCH3 is 1. The van der Waals surface area contributed by atoms with Crippen LogP contribution < -0.4 is 4.74 Å². The van der Waals surface area contributed by atoms with Crippen LogP contribution in [0, 0.1) is 5.82 Å². The minimum atomic E-state index is -0.183. The Balaban J connectivity index is 1.99. The molecule has 1 aliphatic rings. The van der Waals surface area contributed by atoms with Gasteiger partial charge in [-0.1, -0.05) is 0 Å². The van der Waals surface area contributed by atoms with Gasteiger partial charge in [0, 0.05) is 27.1 Å². The van der Waals surface area contributed by atoms with Crippen LogP contribution in [0.15, 0.2) is 41.3 Å². The normalized spacial score (nSPS) is 13.1. The van der Waals surface area contributed by atoms with E-state index in [-0.39, 0.29) is 5.82 Å². The zero-order valence-electron chi connectivity index (χ0n) is 10.9. The number of H-pyrrole nitrogens is 1. The molecule has 4 heteroatoms. The number of thioether (sulfide) groups is 1. The van der Waals surface area contributed by atoms with Crippen molar-refractivity contribution in [2.24, 2.45) is 0 Å². The first-order chi connectivity index (χ1) is 9.76. The Bertz CT molecular complexity index is 825. The Hall–Kier alpha value is -1.94. The molecule has 2 nitrogen and oxygen atoms in total. The molecule has 20 heavy (non-hydrogen) atoms. The third kappa shape index (κ3) is 1.64. The van der Waals surface area contributed by atoms with Gasteiger partial charge in [0.1, 0.15) is 11.6 Å². The van der Waals surface area contributed by atoms with E-state index in [4.69, 9.17) is 4.74 Å². The van der Waals surface area contributed by atoms with Crippen molar-refractivity contribution in [2.75, 3.05) is 7.11 Å². The fourth-order valence-electron chi connectivity index (χ4n) is 2.71. The van der Waals surface area contributed by atoms with Gasteiger partial charge in [0.15, 0.2) is 0 Å². The van der Waals surface area contributed by atoms with Crippen molar-refractivity contribution in [1.82, 2.24) is 4.98 Å². The summed E-state index contributed by atoms with van der Waals surface area (Å²) in [6.45, 7) is 0. The molecular formula is C16H12FNOS. The number of hydrogen-bond acceptors (Lipinski definition) is 2. The number of fused-ring (bicyclic) bond motifs is 5. The Morgan fingerprint density at radius 1 is 1.20 bits per heavy atom. The van der Waals surface area contributed by atoms with E-state index in [9.17, 15) is 4.39 Å². The molecule has 0 atom stereocenters. The minimum Gasteiger partial charge on any atom is -0.497 e. The van der Waals surface area contributed by atoms with Crippen LogP contribution in [0.5, 0.6) is 5.75 Å². The molecule has 0 aliphatic carbocycles. The average molecular weight is 285 g/mol. The molecule has 100 valence electrons. The molecule has 4 rings (SSSR count). The minimum absolute atomic E-state index is 0.183. The van der Waals surface area contributed by atoms with Crippen LogP contribution >= 0.6 is 11.8 Å². The summed E-state index contributed by atoms with van der Waals surface area (Å²) < 4.78 is 18.6. The molecule has 2 heterocycles. The molecule has 0 fully saturated rings. The van der Waals surface area contributed by atoms with Gasteiger partial charge >= 0.3 is 0 Å². The maximum atomic E-state index is 13.3. The van der Waals surface area contributed by atoms with Gasteiger partial charge in [0.05, 0.1) is 12.8 Å². The number of ether oxygens (including phenoxy) is 1. The molecule has 1 N–H and O–H groups in total. The maximum absolute atomic E-state index is 13.3. The van der Waals surface area contributed by atoms with Gasteiger partial charge < -0.3 is 9.72 Å². The van der Waals surface area contributed by atoms with Crippen LogP contribution in [0.25, 0.3) is 22.2 Å². The van der Waals surface area contributed by atoms with E-state index in [2.05, 4.69) is 11.1 Å². The Labute approximate surface area is 120 Å². The number of aromatic amines is 1. The van der Waals surface area contributed by atoms with Gasteiger partial charge in [-0.15, -0.1) is 11.8 Å². The first kappa shape index (κ1) is 11.9. The van der Waals surface area contributed by atoms with E-state index in [1.165, 1.54) is 17.0 Å². The lowest BCUT2D eigenvalue weighted by Gasteiger charge is -2.16. The van der Waals surface area contributed by atoms with Crippen molar-refractivity contribution < 1.29 is 9.13 Å². The first-order valence-corrected chi connectivity index (χ1v) is 7.36. The van der Waals surface area contributed by atoms with Crippen LogP contribution in [0.3, 0.4) is 0 Å². The summed E-state index contributed by atoms with van der Waals surface area (Å²) in [7, 11) is 1.67. The van der Waals surface area contributed by atoms with Gasteiger partial charge in [-0.25, -0.2) is 4.39 Å². The second-order valence-corrected chi connectivity index (χ2v) is 5.84. The first-order valence-electron chi connectivity index (χ1n) is 6.37. The van der Waals surface area contributed by atoms with Gasteiger partial charge in [-0.3, -0.25) is 0 Å². The summed E-state index contributed by atoms with van der Waals surface area (Å²) in [5.74, 6) is 1.52. The monoisotopic (exact) mass is 285 g/mol. The van der Waals surface area contributed by atoms with Gasteiger partial charge in [0.25, 0.3) is 0 Å². The standard InChI is InChI=1S/C16H12FNOS/c1-19-10-3-5-14-12(7-10)13-8-20-15-6-9(17)2-4-11(15)16(13)18-14/h2-7,18H,8H2,1H3. The molecule has 1 aliphatic heterocycles. The lowest BCUT2D eigenvalue weighted by Crippen LogP contribution is -1.95. The molecule has 0 bridgehead atoms. The second kappa shape index (κ2) is 4.28. The quantitative estimate of drug-likeness (QED) is 0.707. The number of rotatable bonds is 1. The topological polar surface area (TPSA) is 25.0 Å². The number of aromatic nitrogens is 1. The van der Waals surface area contributed by atoms with Crippen molar-refractivity contribution in [2.45, 2.75) is 10.6 Å². The van der Waals surface area contributed by atoms with Crippen molar-refractivity contribution in [1.29, 1.82) is 0 Å². The summed E-state index contributed by atoms with van der Waals surface area (Å²) in [6, 6.07) is 11.0. The van der Waals surface area contributed by atoms with Crippen LogP contribution in [0.1, 0.15) is 5.56 Å². The van der Waals surface area contributed by atoms with E-state index in [1.54, 1.807) is 24.9 Å². The largest absolute Gasteiger partial charge is 0.497 e. The van der Waals surface area contributed by atoms with Crippen molar-refractivity contribution >= 4 is 22.7 Å². The van der Waals surface area contributed by atoms with Crippen molar-refractivity contribution in [3.05, 3.63) is 47.8 Å². The maximum Gasteiger partial charge on any atom is 0.124 e. The van der Waals surface area contributed by atoms with Crippen LogP contribution in [-0.2, 0) is 5.75 Å². The molecule has 0 radical (unpaired) electrons. The Morgan fingerprint density at radius 2 is 2.10 bits per heavy atom. The summed E-state index contributed by atoms with van der Waals surface area (Å²) in [4.78, 5) is 4.45. The summed E-state index contributed by atoms with van der Waals surface area (Å²) >= 11 is 1.68. The summed E-state index contributed by atoms with van der Waals surface area (Å²) in [5.41, 5.74) is 4.53. The molecule has 0 spiro atoms. The number of nitrogens with one attached hydrogen (secondary N) is 1. The summed E-state index contributed by atoms with van der Waals surface area (Å²) in [6.07, 6.45) is 0. The van der Waals surface area contributed by atoms with Crippen LogP contribution in [-0.4, -0.2) is 12.1 Å². The lowest BCUT2D eigenvalue weighted by molar-refractivity contribution is 0.415. The highest BCUT2D eigenvalue weighted by Gasteiger charge is 2.21. The highest BCUT2D eigenvalue weighted by Crippen LogP contribution is 2.44. The Kier molecular flexibility index (Phi) is 2.54. The Morgan fingerprint density at radius 3 is 2.95 bits per heavy atom. The molecule has 1 aromatic heterocycles. The molecule has 3 aromatic rings. The highest BCUT2D eigenvalue weighted by atomic mass is 32.2. The number of hydrogen-bond donors (Lipinski definition) is 1. The zero-order chi connectivity index (χ0) is 13.7. The van der Waals surface area contributed by atoms with Crippen LogP contribution in [0.4, 0.5) is 4.39 Å². The zero-order valence-corrected chi connectivity index (χ0v) is 11.7. The van der Waals surface area contributed by atoms with E-state index < -0.39 is 0 Å². The SMILES string of the molecule is COc1ccc2[nH]c3c(c2c1)CSc1cc(F)ccc1-3. The second-order valence-electron chi connectivity index (χ2n) is 4.82. The van der Waals surface area contributed by atoms with E-state index in [1.807, 2.05) is 18.2 Å². The smallest absolute Gasteiger partial charge is 0.124 e. The fraction of sp³-hybridized carbons (Fsp3) is 0.125. The van der Waals surface area contributed by atoms with E-state index >= 15 is 0 Å². The van der Waals surface area contributed by atoms with Gasteiger partial charge in [-0.05, 0) is 42.0 Å². The molecule has 0 unspecified atom stereocenters. The molecule has 0 saturated heterocycles. The number of benzene rings is 2. The molecule has 0 amide bonds. The summed E-state index contributed by atoms with van der Waals surface area (Å²) in [5, 5.41) is 1.18. The molecular weight excluding hydrogens is 273 g/mol. The van der Waals surface area contributed by atoms with E-state index in [0.717, 1.165) is 33.2 Å². The highest BCUT2D eigenvalue weighted by molar-refractivity contribution is 7.98. The predicted octanol–water partition coefficient (Wildman–Crippen LogP) is 4.59. The predicted molar refractivity (Wildman–Crippen MR) is 79.8 cm³/mol. The molecule has 2 aromatic carbocycles. The average Bonchev–Trinajstić information content (AvgIpc) is 2.84. The third-order valence-corrected chi connectivity index (χ3v) is 4.78. The van der Waals surface area contributed by atoms with E-state index in [0.29, 0.717) is 0 Å². The van der Waals surface area contributed by atoms with Crippen molar-refractivity contribution in [3.63, 3.8) is 0 Å². The van der Waals surface area contributed by atoms with Crippen LogP contribution in [0.2, 0.25) is 0 Å². The number of halogens is 1. The third-order valence-electron chi connectivity index (χ3n) is 3.70. The van der Waals surface area contributed by atoms with Gasteiger partial charge in [-0.2, -0.15) is 0 Å². The molecule has 0 saturated carbocycles. The van der Waals surface area contributed by atoms with Crippen molar-refractivity contribution in [3.8, 4) is 17.0 Å². The fourth-order valence-corrected chi connectivity index (χ4v) is 3.83. The lowest BCUT2D eigenvalue weighted by atomic mass is 10.1.